The number of hydrogen-bond donors (Lipinski definition) is 0. The van der Waals surface area contributed by atoms with E-state index in [0.29, 0.717) is 4.90 Å². The zero-order valence-electron chi connectivity index (χ0n) is 9.59. The second-order valence-electron chi connectivity index (χ2n) is 3.79. The van der Waals surface area contributed by atoms with Gasteiger partial charge in [0, 0.05) is 15.4 Å². The Bertz CT molecular complexity index is 601. The average Bonchev–Trinajstić information content (AvgIpc) is 2.28. The molecule has 2 aromatic rings. The molecule has 0 saturated heterocycles. The molecule has 0 atom stereocenters. The zero-order chi connectivity index (χ0) is 13.1. The summed E-state index contributed by atoms with van der Waals surface area (Å²) >= 11 is 4.79. The summed E-state index contributed by atoms with van der Waals surface area (Å²) in [5.41, 5.74) is 1.16. The minimum atomic E-state index is -0.347. The maximum Gasteiger partial charge on any atom is 0.283 e. The summed E-state index contributed by atoms with van der Waals surface area (Å²) in [6.07, 6.45) is 0. The van der Waals surface area contributed by atoms with Gasteiger partial charge in [-0.1, -0.05) is 39.8 Å². The summed E-state index contributed by atoms with van der Waals surface area (Å²) in [7, 11) is 0. The van der Waals surface area contributed by atoms with E-state index in [1.807, 2.05) is 37.3 Å². The third-order valence-electron chi connectivity index (χ3n) is 2.34. The first-order valence-electron chi connectivity index (χ1n) is 5.25. The molecule has 0 N–H and O–H groups in total. The van der Waals surface area contributed by atoms with Crippen molar-refractivity contribution in [1.29, 1.82) is 0 Å². The van der Waals surface area contributed by atoms with Crippen molar-refractivity contribution in [2.45, 2.75) is 16.7 Å². The number of nitro groups is 1. The van der Waals surface area contributed by atoms with E-state index in [-0.39, 0.29) is 10.6 Å². The van der Waals surface area contributed by atoms with E-state index in [1.165, 1.54) is 11.8 Å². The number of hydrogen-bond acceptors (Lipinski definition) is 3. The Kier molecular flexibility index (Phi) is 4.04. The number of nitrogens with zero attached hydrogens (tertiary/aromatic N) is 1. The number of halogens is 1. The molecule has 0 amide bonds. The van der Waals surface area contributed by atoms with Crippen LogP contribution in [-0.2, 0) is 0 Å². The zero-order valence-corrected chi connectivity index (χ0v) is 12.0. The van der Waals surface area contributed by atoms with Gasteiger partial charge in [-0.05, 0) is 36.8 Å². The van der Waals surface area contributed by atoms with Crippen LogP contribution in [0.4, 0.5) is 5.69 Å². The van der Waals surface area contributed by atoms with E-state index < -0.39 is 0 Å². The average molecular weight is 324 g/mol. The van der Waals surface area contributed by atoms with Crippen LogP contribution in [0.15, 0.2) is 56.7 Å². The van der Waals surface area contributed by atoms with Crippen LogP contribution < -0.4 is 0 Å². The number of aryl methyl sites for hydroxylation is 1. The highest BCUT2D eigenvalue weighted by Gasteiger charge is 2.14. The highest BCUT2D eigenvalue weighted by molar-refractivity contribution is 9.10. The van der Waals surface area contributed by atoms with Crippen LogP contribution >= 0.6 is 27.7 Å². The van der Waals surface area contributed by atoms with Crippen LogP contribution in [0.1, 0.15) is 5.56 Å². The summed E-state index contributed by atoms with van der Waals surface area (Å²) < 4.78 is 0.961. The van der Waals surface area contributed by atoms with Gasteiger partial charge in [-0.25, -0.2) is 0 Å². The fraction of sp³-hybridized carbons (Fsp3) is 0.0769. The number of nitro benzene ring substituents is 1. The highest BCUT2D eigenvalue weighted by Crippen LogP contribution is 2.36. The van der Waals surface area contributed by atoms with Gasteiger partial charge < -0.3 is 0 Å². The Labute approximate surface area is 117 Å². The van der Waals surface area contributed by atoms with Crippen LogP contribution in [0.5, 0.6) is 0 Å². The van der Waals surface area contributed by atoms with Crippen LogP contribution in [0.3, 0.4) is 0 Å². The minimum Gasteiger partial charge on any atom is -0.258 e. The first kappa shape index (κ1) is 13.1. The fourth-order valence-corrected chi connectivity index (χ4v) is 3.14. The van der Waals surface area contributed by atoms with E-state index in [4.69, 9.17) is 0 Å². The van der Waals surface area contributed by atoms with Crippen molar-refractivity contribution >= 4 is 33.4 Å². The molecule has 0 heterocycles. The summed E-state index contributed by atoms with van der Waals surface area (Å²) in [6, 6.07) is 12.9. The second kappa shape index (κ2) is 5.54. The standard InChI is InChI=1S/C13H10BrNO2S/c1-9-5-6-12(15(16)17)13(7-9)18-11-4-2-3-10(14)8-11/h2-8H,1H3. The van der Waals surface area contributed by atoms with Gasteiger partial charge in [0.15, 0.2) is 0 Å². The molecule has 0 aliphatic heterocycles. The van der Waals surface area contributed by atoms with Crippen LogP contribution in [0.2, 0.25) is 0 Å². The second-order valence-corrected chi connectivity index (χ2v) is 5.82. The molecule has 3 nitrogen and oxygen atoms in total. The quantitative estimate of drug-likeness (QED) is 0.601. The SMILES string of the molecule is Cc1ccc([N+](=O)[O-])c(Sc2cccc(Br)c2)c1. The van der Waals surface area contributed by atoms with Crippen LogP contribution in [-0.4, -0.2) is 4.92 Å². The molecule has 0 aliphatic carbocycles. The Morgan fingerprint density at radius 2 is 2.00 bits per heavy atom. The summed E-state index contributed by atoms with van der Waals surface area (Å²) in [5, 5.41) is 11.0. The van der Waals surface area contributed by atoms with Crippen molar-refractivity contribution in [3.05, 3.63) is 62.6 Å². The molecule has 5 heteroatoms. The van der Waals surface area contributed by atoms with Crippen LogP contribution in [0, 0.1) is 17.0 Å². The maximum absolute atomic E-state index is 11.0. The molecule has 0 spiro atoms. The Hall–Kier alpha value is -1.33. The molecule has 2 aromatic carbocycles. The van der Waals surface area contributed by atoms with E-state index in [9.17, 15) is 10.1 Å². The third-order valence-corrected chi connectivity index (χ3v) is 3.87. The largest absolute Gasteiger partial charge is 0.283 e. The van der Waals surface area contributed by atoms with Gasteiger partial charge >= 0.3 is 0 Å². The minimum absolute atomic E-state index is 0.144. The number of benzene rings is 2. The molecule has 0 saturated carbocycles. The van der Waals surface area contributed by atoms with Gasteiger partial charge in [-0.2, -0.15) is 0 Å². The molecule has 18 heavy (non-hydrogen) atoms. The van der Waals surface area contributed by atoms with Gasteiger partial charge in [-0.3, -0.25) is 10.1 Å². The monoisotopic (exact) mass is 323 g/mol. The molecule has 0 aromatic heterocycles. The lowest BCUT2D eigenvalue weighted by atomic mass is 10.2. The third kappa shape index (κ3) is 3.11. The van der Waals surface area contributed by atoms with E-state index in [1.54, 1.807) is 12.1 Å². The smallest absolute Gasteiger partial charge is 0.258 e. The topological polar surface area (TPSA) is 43.1 Å². The summed E-state index contributed by atoms with van der Waals surface area (Å²) in [5.74, 6) is 0. The van der Waals surface area contributed by atoms with E-state index >= 15 is 0 Å². The lowest BCUT2D eigenvalue weighted by Gasteiger charge is -2.04. The molecule has 0 radical (unpaired) electrons. The van der Waals surface area contributed by atoms with E-state index in [2.05, 4.69) is 15.9 Å². The van der Waals surface area contributed by atoms with Gasteiger partial charge in [0.25, 0.3) is 5.69 Å². The van der Waals surface area contributed by atoms with Crippen molar-refractivity contribution in [3.63, 3.8) is 0 Å². The molecule has 0 fully saturated rings. The van der Waals surface area contributed by atoms with Crippen molar-refractivity contribution in [3.8, 4) is 0 Å². The first-order valence-corrected chi connectivity index (χ1v) is 6.85. The normalized spacial score (nSPS) is 10.3. The Morgan fingerprint density at radius 3 is 2.67 bits per heavy atom. The molecule has 0 bridgehead atoms. The molecule has 0 aliphatic rings. The Balaban J connectivity index is 2.39. The van der Waals surface area contributed by atoms with Gasteiger partial charge in [0.2, 0.25) is 0 Å². The maximum atomic E-state index is 11.0. The predicted molar refractivity (Wildman–Crippen MR) is 76.1 cm³/mol. The summed E-state index contributed by atoms with van der Waals surface area (Å²) in [6.45, 7) is 1.93. The van der Waals surface area contributed by atoms with Crippen molar-refractivity contribution in [2.24, 2.45) is 0 Å². The molecule has 2 rings (SSSR count). The van der Waals surface area contributed by atoms with Crippen LogP contribution in [0.25, 0.3) is 0 Å². The van der Waals surface area contributed by atoms with Gasteiger partial charge in [0.1, 0.15) is 0 Å². The van der Waals surface area contributed by atoms with Gasteiger partial charge in [0.05, 0.1) is 9.82 Å². The fourth-order valence-electron chi connectivity index (χ4n) is 1.51. The van der Waals surface area contributed by atoms with Crippen molar-refractivity contribution in [1.82, 2.24) is 0 Å². The van der Waals surface area contributed by atoms with Crippen molar-refractivity contribution in [2.75, 3.05) is 0 Å². The predicted octanol–water partition coefficient (Wildman–Crippen LogP) is 4.82. The highest BCUT2D eigenvalue weighted by atomic mass is 79.9. The van der Waals surface area contributed by atoms with E-state index in [0.717, 1.165) is 14.9 Å². The number of rotatable bonds is 3. The lowest BCUT2D eigenvalue weighted by Crippen LogP contribution is -1.91. The lowest BCUT2D eigenvalue weighted by molar-refractivity contribution is -0.387. The Morgan fingerprint density at radius 1 is 1.22 bits per heavy atom. The summed E-state index contributed by atoms with van der Waals surface area (Å²) in [4.78, 5) is 12.3. The van der Waals surface area contributed by atoms with Gasteiger partial charge in [-0.15, -0.1) is 0 Å². The molecule has 0 unspecified atom stereocenters. The van der Waals surface area contributed by atoms with Crippen molar-refractivity contribution < 1.29 is 4.92 Å². The molecule has 92 valence electrons. The molecular weight excluding hydrogens is 314 g/mol. The first-order chi connectivity index (χ1) is 8.56. The molecular formula is C13H10BrNO2S.